The molecule has 3 saturated heterocycles. The number of nitrogens with zero attached hydrogens (tertiary/aromatic N) is 6. The predicted molar refractivity (Wildman–Crippen MR) is 90.0 cm³/mol. The fourth-order valence-corrected chi connectivity index (χ4v) is 3.63. The van der Waals surface area contributed by atoms with E-state index in [4.69, 9.17) is 0 Å². The molecule has 26 heavy (non-hydrogen) atoms. The Morgan fingerprint density at radius 3 is 2.46 bits per heavy atom. The van der Waals surface area contributed by atoms with E-state index < -0.39 is 11.9 Å². The van der Waals surface area contributed by atoms with Gasteiger partial charge in [-0.15, -0.1) is 0 Å². The number of piperidine rings is 1. The fraction of sp³-hybridized carbons (Fsp3) is 0.529. The first-order chi connectivity index (χ1) is 12.3. The van der Waals surface area contributed by atoms with Crippen LogP contribution in [0, 0.1) is 0 Å². The largest absolute Gasteiger partial charge is 0.433 e. The van der Waals surface area contributed by atoms with Crippen molar-refractivity contribution in [1.29, 1.82) is 0 Å². The highest BCUT2D eigenvalue weighted by Crippen LogP contribution is 2.38. The first kappa shape index (κ1) is 17.0. The zero-order valence-electron chi connectivity index (χ0n) is 14.5. The number of hydrogen-bond acceptors (Lipinski definition) is 6. The molecule has 5 heterocycles. The standard InChI is InChI=1S/C17H19F3N6/c1-10(2)16-21-4-3-14(24-16)26-11-5-12(26)8-25(7-11)15-6-13(17(18,19)20)22-9-23-15/h3-4,6,9-12H,5,7-8H2,1-2H3. The van der Waals surface area contributed by atoms with E-state index in [9.17, 15) is 13.2 Å². The summed E-state index contributed by atoms with van der Waals surface area (Å²) in [5, 5.41) is 0. The Morgan fingerprint density at radius 1 is 1.08 bits per heavy atom. The van der Waals surface area contributed by atoms with Gasteiger partial charge in [-0.1, -0.05) is 13.8 Å². The highest BCUT2D eigenvalue weighted by molar-refractivity contribution is 5.52. The summed E-state index contributed by atoms with van der Waals surface area (Å²) in [6, 6.07) is 3.35. The lowest BCUT2D eigenvalue weighted by atomic mass is 9.87. The SMILES string of the molecule is CC(C)c1nccc(N2C3CC2CN(c2cc(C(F)(F)F)ncn2)C3)n1. The van der Waals surface area contributed by atoms with Crippen LogP contribution in [-0.4, -0.2) is 45.1 Å². The van der Waals surface area contributed by atoms with Crippen molar-refractivity contribution in [2.75, 3.05) is 22.9 Å². The molecular formula is C17H19F3N6. The third kappa shape index (κ3) is 2.95. The molecule has 9 heteroatoms. The van der Waals surface area contributed by atoms with Crippen LogP contribution in [-0.2, 0) is 6.18 Å². The second-order valence-electron chi connectivity index (χ2n) is 7.04. The molecule has 2 atom stereocenters. The zero-order valence-corrected chi connectivity index (χ0v) is 14.5. The van der Waals surface area contributed by atoms with Crippen LogP contribution in [0.5, 0.6) is 0 Å². The Hall–Kier alpha value is -2.45. The van der Waals surface area contributed by atoms with Crippen LogP contribution in [0.3, 0.4) is 0 Å². The molecule has 0 aromatic carbocycles. The molecule has 0 saturated carbocycles. The monoisotopic (exact) mass is 364 g/mol. The van der Waals surface area contributed by atoms with Gasteiger partial charge in [-0.3, -0.25) is 0 Å². The van der Waals surface area contributed by atoms with Crippen molar-refractivity contribution in [3.63, 3.8) is 0 Å². The number of piperazine rings is 1. The zero-order chi connectivity index (χ0) is 18.5. The van der Waals surface area contributed by atoms with Gasteiger partial charge in [0.25, 0.3) is 0 Å². The van der Waals surface area contributed by atoms with Gasteiger partial charge in [-0.05, 0) is 12.5 Å². The molecule has 0 aliphatic carbocycles. The molecule has 2 aromatic rings. The van der Waals surface area contributed by atoms with E-state index in [0.717, 1.165) is 30.5 Å². The second kappa shape index (κ2) is 6.07. The summed E-state index contributed by atoms with van der Waals surface area (Å²) in [7, 11) is 0. The van der Waals surface area contributed by atoms with Gasteiger partial charge in [0.05, 0.1) is 12.1 Å². The van der Waals surface area contributed by atoms with Gasteiger partial charge in [0, 0.05) is 31.3 Å². The maximum Gasteiger partial charge on any atom is 0.433 e. The topological polar surface area (TPSA) is 58.0 Å². The van der Waals surface area contributed by atoms with Crippen LogP contribution in [0.1, 0.15) is 37.7 Å². The highest BCUT2D eigenvalue weighted by Gasteiger charge is 2.46. The van der Waals surface area contributed by atoms with Gasteiger partial charge < -0.3 is 9.80 Å². The fourth-order valence-electron chi connectivity index (χ4n) is 3.63. The van der Waals surface area contributed by atoms with Gasteiger partial charge in [-0.25, -0.2) is 19.9 Å². The summed E-state index contributed by atoms with van der Waals surface area (Å²) in [6.07, 6.45) is -0.704. The number of halogens is 3. The quantitative estimate of drug-likeness (QED) is 0.835. The van der Waals surface area contributed by atoms with Crippen molar-refractivity contribution in [2.24, 2.45) is 0 Å². The molecule has 0 spiro atoms. The number of fused-ring (bicyclic) bond motifs is 2. The van der Waals surface area contributed by atoms with Crippen LogP contribution < -0.4 is 9.80 Å². The Balaban J connectivity index is 1.52. The van der Waals surface area contributed by atoms with Gasteiger partial charge in [-0.2, -0.15) is 13.2 Å². The van der Waals surface area contributed by atoms with E-state index in [-0.39, 0.29) is 18.0 Å². The van der Waals surface area contributed by atoms with Crippen LogP contribution in [0.4, 0.5) is 24.8 Å². The van der Waals surface area contributed by atoms with Crippen LogP contribution in [0.15, 0.2) is 24.7 Å². The van der Waals surface area contributed by atoms with Gasteiger partial charge >= 0.3 is 6.18 Å². The molecule has 2 aromatic heterocycles. The van der Waals surface area contributed by atoms with Crippen molar-refractivity contribution in [2.45, 2.75) is 44.4 Å². The summed E-state index contributed by atoms with van der Waals surface area (Å²) in [4.78, 5) is 20.5. The molecule has 3 aliphatic rings. The smallest absolute Gasteiger partial charge is 0.352 e. The lowest BCUT2D eigenvalue weighted by molar-refractivity contribution is -0.141. The molecular weight excluding hydrogens is 345 g/mol. The maximum atomic E-state index is 12.9. The van der Waals surface area contributed by atoms with Gasteiger partial charge in [0.15, 0.2) is 0 Å². The number of aromatic nitrogens is 4. The van der Waals surface area contributed by atoms with Crippen molar-refractivity contribution < 1.29 is 13.2 Å². The number of rotatable bonds is 3. The third-order valence-electron chi connectivity index (χ3n) is 4.90. The Bertz CT molecular complexity index is 797. The Labute approximate surface area is 149 Å². The lowest BCUT2D eigenvalue weighted by Gasteiger charge is -2.57. The van der Waals surface area contributed by atoms with E-state index in [0.29, 0.717) is 18.9 Å². The molecule has 6 nitrogen and oxygen atoms in total. The van der Waals surface area contributed by atoms with Gasteiger partial charge in [0.1, 0.15) is 29.5 Å². The summed E-state index contributed by atoms with van der Waals surface area (Å²) in [6.45, 7) is 5.33. The normalized spacial score (nSPS) is 22.5. The molecule has 0 N–H and O–H groups in total. The van der Waals surface area contributed by atoms with E-state index in [2.05, 4.69) is 24.8 Å². The third-order valence-corrected chi connectivity index (χ3v) is 4.90. The van der Waals surface area contributed by atoms with Crippen LogP contribution in [0.25, 0.3) is 0 Å². The average Bonchev–Trinajstić information content (AvgIpc) is 2.61. The number of hydrogen-bond donors (Lipinski definition) is 0. The molecule has 5 rings (SSSR count). The summed E-state index contributed by atoms with van der Waals surface area (Å²) in [5.74, 6) is 2.26. The Morgan fingerprint density at radius 2 is 1.81 bits per heavy atom. The minimum atomic E-state index is -4.46. The first-order valence-electron chi connectivity index (χ1n) is 8.58. The highest BCUT2D eigenvalue weighted by atomic mass is 19.4. The van der Waals surface area contributed by atoms with Crippen molar-refractivity contribution in [3.8, 4) is 0 Å². The molecule has 0 radical (unpaired) electrons. The van der Waals surface area contributed by atoms with Gasteiger partial charge in [0.2, 0.25) is 0 Å². The van der Waals surface area contributed by atoms with E-state index in [1.54, 1.807) is 6.20 Å². The number of anilines is 2. The van der Waals surface area contributed by atoms with Crippen LogP contribution >= 0.6 is 0 Å². The molecule has 138 valence electrons. The molecule has 2 bridgehead atoms. The summed E-state index contributed by atoms with van der Waals surface area (Å²) in [5.41, 5.74) is -0.907. The minimum absolute atomic E-state index is 0.216. The predicted octanol–water partition coefficient (Wildman–Crippen LogP) is 2.88. The average molecular weight is 364 g/mol. The van der Waals surface area contributed by atoms with E-state index in [1.165, 1.54) is 0 Å². The first-order valence-corrected chi connectivity index (χ1v) is 8.58. The number of alkyl halides is 3. The lowest BCUT2D eigenvalue weighted by Crippen LogP contribution is -2.69. The molecule has 3 aliphatic heterocycles. The Kier molecular flexibility index (Phi) is 3.96. The van der Waals surface area contributed by atoms with E-state index >= 15 is 0 Å². The summed E-state index contributed by atoms with van der Waals surface area (Å²) < 4.78 is 38.6. The van der Waals surface area contributed by atoms with E-state index in [1.807, 2.05) is 24.8 Å². The summed E-state index contributed by atoms with van der Waals surface area (Å²) >= 11 is 0. The van der Waals surface area contributed by atoms with Crippen molar-refractivity contribution in [1.82, 2.24) is 19.9 Å². The molecule has 0 amide bonds. The second-order valence-corrected chi connectivity index (χ2v) is 7.04. The molecule has 3 fully saturated rings. The van der Waals surface area contributed by atoms with Crippen molar-refractivity contribution in [3.05, 3.63) is 36.2 Å². The van der Waals surface area contributed by atoms with Crippen molar-refractivity contribution >= 4 is 11.6 Å². The van der Waals surface area contributed by atoms with Crippen LogP contribution in [0.2, 0.25) is 0 Å². The minimum Gasteiger partial charge on any atom is -0.352 e. The molecule has 2 unspecified atom stereocenters. The maximum absolute atomic E-state index is 12.9.